The van der Waals surface area contributed by atoms with Crippen LogP contribution >= 0.6 is 0 Å². The number of carbonyl (C=O) groups excluding carboxylic acids is 1. The maximum atomic E-state index is 12.6. The molecule has 2 aromatic heterocycles. The Morgan fingerprint density at radius 1 is 1.11 bits per heavy atom. The van der Waals surface area contributed by atoms with Crippen molar-refractivity contribution in [2.75, 3.05) is 36.4 Å². The van der Waals surface area contributed by atoms with Gasteiger partial charge in [-0.2, -0.15) is 4.98 Å². The van der Waals surface area contributed by atoms with Crippen LogP contribution in [0.1, 0.15) is 48.2 Å². The molecule has 4 rings (SSSR count). The summed E-state index contributed by atoms with van der Waals surface area (Å²) < 4.78 is 0. The highest BCUT2D eigenvalue weighted by molar-refractivity contribution is 5.94. The van der Waals surface area contributed by atoms with Crippen molar-refractivity contribution in [1.29, 1.82) is 0 Å². The number of pyridine rings is 1. The number of amides is 1. The van der Waals surface area contributed by atoms with Crippen LogP contribution in [0.15, 0.2) is 30.6 Å². The van der Waals surface area contributed by atoms with Gasteiger partial charge in [0.1, 0.15) is 5.82 Å². The number of carbonyl (C=O) groups is 1. The van der Waals surface area contributed by atoms with Crippen molar-refractivity contribution < 1.29 is 4.79 Å². The van der Waals surface area contributed by atoms with E-state index in [0.717, 1.165) is 30.5 Å². The van der Waals surface area contributed by atoms with E-state index in [1.807, 2.05) is 24.0 Å². The summed E-state index contributed by atoms with van der Waals surface area (Å²) in [6.07, 6.45) is 9.60. The van der Waals surface area contributed by atoms with Gasteiger partial charge in [-0.1, -0.05) is 19.3 Å². The maximum absolute atomic E-state index is 12.6. The Labute approximate surface area is 166 Å². The number of rotatable bonds is 4. The van der Waals surface area contributed by atoms with E-state index in [4.69, 9.17) is 4.98 Å². The standard InChI is InChI=1S/C21H28N6O/c1-16-14-19(25-21(23-16)24-18-7-3-2-4-8-18)26-10-12-27(13-11-26)20(28)17-6-5-9-22-15-17/h5-6,9,14-15,18H,2-4,7-8,10-13H2,1H3,(H,23,24,25). The number of nitrogens with zero attached hydrogens (tertiary/aromatic N) is 5. The fourth-order valence-electron chi connectivity index (χ4n) is 4.02. The number of nitrogens with one attached hydrogen (secondary N) is 1. The minimum absolute atomic E-state index is 0.0475. The van der Waals surface area contributed by atoms with Crippen LogP contribution < -0.4 is 10.2 Å². The molecule has 2 aliphatic rings. The van der Waals surface area contributed by atoms with Crippen molar-refractivity contribution in [3.63, 3.8) is 0 Å². The van der Waals surface area contributed by atoms with Crippen LogP contribution in [0.2, 0.25) is 0 Å². The molecule has 0 spiro atoms. The minimum atomic E-state index is 0.0475. The Morgan fingerprint density at radius 2 is 1.89 bits per heavy atom. The Bertz CT molecular complexity index is 798. The molecule has 28 heavy (non-hydrogen) atoms. The van der Waals surface area contributed by atoms with Gasteiger partial charge in [0, 0.05) is 56.4 Å². The van der Waals surface area contributed by atoms with E-state index < -0.39 is 0 Å². The fourth-order valence-corrected chi connectivity index (χ4v) is 4.02. The quantitative estimate of drug-likeness (QED) is 0.879. The zero-order valence-corrected chi connectivity index (χ0v) is 16.5. The van der Waals surface area contributed by atoms with Crippen molar-refractivity contribution in [1.82, 2.24) is 19.9 Å². The van der Waals surface area contributed by atoms with Gasteiger partial charge in [0.25, 0.3) is 5.91 Å². The molecule has 3 heterocycles. The summed E-state index contributed by atoms with van der Waals surface area (Å²) in [6, 6.07) is 6.13. The van der Waals surface area contributed by atoms with Gasteiger partial charge in [-0.05, 0) is 31.9 Å². The molecule has 0 atom stereocenters. The molecule has 0 bridgehead atoms. The zero-order valence-electron chi connectivity index (χ0n) is 16.5. The summed E-state index contributed by atoms with van der Waals surface area (Å²) in [4.78, 5) is 30.1. The molecular formula is C21H28N6O. The summed E-state index contributed by atoms with van der Waals surface area (Å²) in [5.74, 6) is 1.72. The molecule has 7 heteroatoms. The van der Waals surface area contributed by atoms with Crippen LogP contribution in [0.25, 0.3) is 0 Å². The van der Waals surface area contributed by atoms with E-state index in [9.17, 15) is 4.79 Å². The molecule has 7 nitrogen and oxygen atoms in total. The summed E-state index contributed by atoms with van der Waals surface area (Å²) >= 11 is 0. The third-order valence-corrected chi connectivity index (χ3v) is 5.58. The van der Waals surface area contributed by atoms with Crippen molar-refractivity contribution in [2.45, 2.75) is 45.1 Å². The van der Waals surface area contributed by atoms with Crippen molar-refractivity contribution in [3.8, 4) is 0 Å². The zero-order chi connectivity index (χ0) is 19.3. The topological polar surface area (TPSA) is 74.2 Å². The third-order valence-electron chi connectivity index (χ3n) is 5.58. The lowest BCUT2D eigenvalue weighted by Crippen LogP contribution is -2.49. The number of aryl methyl sites for hydroxylation is 1. The number of hydrogen-bond donors (Lipinski definition) is 1. The average Bonchev–Trinajstić information content (AvgIpc) is 2.74. The first-order chi connectivity index (χ1) is 13.7. The highest BCUT2D eigenvalue weighted by Gasteiger charge is 2.24. The first kappa shape index (κ1) is 18.7. The van der Waals surface area contributed by atoms with Gasteiger partial charge in [-0.25, -0.2) is 4.98 Å². The maximum Gasteiger partial charge on any atom is 0.255 e. The average molecular weight is 380 g/mol. The van der Waals surface area contributed by atoms with Crippen molar-refractivity contribution in [2.24, 2.45) is 0 Å². The number of piperazine rings is 1. The van der Waals surface area contributed by atoms with Crippen LogP contribution in [0.3, 0.4) is 0 Å². The summed E-state index contributed by atoms with van der Waals surface area (Å²) in [6.45, 7) is 4.92. The predicted octanol–water partition coefficient (Wildman–Crippen LogP) is 2.89. The van der Waals surface area contributed by atoms with Crippen LogP contribution in [-0.4, -0.2) is 58.0 Å². The molecule has 1 saturated heterocycles. The second-order valence-electron chi connectivity index (χ2n) is 7.69. The van der Waals surface area contributed by atoms with E-state index in [2.05, 4.69) is 20.2 Å². The fraction of sp³-hybridized carbons (Fsp3) is 0.524. The first-order valence-electron chi connectivity index (χ1n) is 10.3. The molecule has 1 aliphatic carbocycles. The lowest BCUT2D eigenvalue weighted by atomic mass is 9.96. The van der Waals surface area contributed by atoms with Crippen molar-refractivity contribution >= 4 is 17.7 Å². The molecule has 1 saturated carbocycles. The number of aromatic nitrogens is 3. The monoisotopic (exact) mass is 380 g/mol. The molecule has 1 amide bonds. The molecular weight excluding hydrogens is 352 g/mol. The molecule has 2 fully saturated rings. The Balaban J connectivity index is 1.39. The molecule has 148 valence electrons. The van der Waals surface area contributed by atoms with Gasteiger partial charge in [0.05, 0.1) is 5.56 Å². The van der Waals surface area contributed by atoms with Crippen LogP contribution in [-0.2, 0) is 0 Å². The van der Waals surface area contributed by atoms with E-state index in [0.29, 0.717) is 24.7 Å². The molecule has 1 aliphatic heterocycles. The van der Waals surface area contributed by atoms with Crippen LogP contribution in [0, 0.1) is 6.92 Å². The SMILES string of the molecule is Cc1cc(N2CCN(C(=O)c3cccnc3)CC2)nc(NC2CCCCC2)n1. The Hall–Kier alpha value is -2.70. The molecule has 1 N–H and O–H groups in total. The van der Waals surface area contributed by atoms with Gasteiger partial charge in [-0.3, -0.25) is 9.78 Å². The highest BCUT2D eigenvalue weighted by Crippen LogP contribution is 2.22. The largest absolute Gasteiger partial charge is 0.353 e. The summed E-state index contributed by atoms with van der Waals surface area (Å²) in [5.41, 5.74) is 1.62. The van der Waals surface area contributed by atoms with E-state index >= 15 is 0 Å². The lowest BCUT2D eigenvalue weighted by molar-refractivity contribution is 0.0746. The minimum Gasteiger partial charge on any atom is -0.353 e. The van der Waals surface area contributed by atoms with Gasteiger partial charge in [0.15, 0.2) is 0 Å². The summed E-state index contributed by atoms with van der Waals surface area (Å²) in [7, 11) is 0. The van der Waals surface area contributed by atoms with E-state index in [1.165, 1.54) is 32.1 Å². The first-order valence-corrected chi connectivity index (χ1v) is 10.3. The normalized spacial score (nSPS) is 18.2. The number of hydrogen-bond acceptors (Lipinski definition) is 6. The Morgan fingerprint density at radius 3 is 2.61 bits per heavy atom. The molecule has 0 unspecified atom stereocenters. The molecule has 0 radical (unpaired) electrons. The van der Waals surface area contributed by atoms with Crippen LogP contribution in [0.4, 0.5) is 11.8 Å². The second-order valence-corrected chi connectivity index (χ2v) is 7.69. The van der Waals surface area contributed by atoms with Gasteiger partial charge in [-0.15, -0.1) is 0 Å². The Kier molecular flexibility index (Phi) is 5.69. The van der Waals surface area contributed by atoms with Gasteiger partial charge < -0.3 is 15.1 Å². The smallest absolute Gasteiger partial charge is 0.255 e. The second kappa shape index (κ2) is 8.54. The number of anilines is 2. The van der Waals surface area contributed by atoms with E-state index in [1.54, 1.807) is 18.5 Å². The highest BCUT2D eigenvalue weighted by atomic mass is 16.2. The lowest BCUT2D eigenvalue weighted by Gasteiger charge is -2.35. The molecule has 2 aromatic rings. The third kappa shape index (κ3) is 4.40. The van der Waals surface area contributed by atoms with Crippen LogP contribution in [0.5, 0.6) is 0 Å². The predicted molar refractivity (Wildman–Crippen MR) is 110 cm³/mol. The van der Waals surface area contributed by atoms with Gasteiger partial charge >= 0.3 is 0 Å². The summed E-state index contributed by atoms with van der Waals surface area (Å²) in [5, 5.41) is 3.53. The molecule has 0 aromatic carbocycles. The van der Waals surface area contributed by atoms with Gasteiger partial charge in [0.2, 0.25) is 5.95 Å². The van der Waals surface area contributed by atoms with E-state index in [-0.39, 0.29) is 5.91 Å². The van der Waals surface area contributed by atoms with Crippen molar-refractivity contribution in [3.05, 3.63) is 41.9 Å².